The van der Waals surface area contributed by atoms with Gasteiger partial charge >= 0.3 is 17.9 Å². The molecular weight excluding hydrogens is 1880 g/mol. The second kappa shape index (κ2) is 80.2. The maximum absolute atomic E-state index is 12.0. The molecule has 1 aliphatic rings. The lowest BCUT2D eigenvalue weighted by Gasteiger charge is -2.37. The Kier molecular flexibility index (Phi) is 87.7. The van der Waals surface area contributed by atoms with Gasteiger partial charge in [-0.3, -0.25) is 38.4 Å². The van der Waals surface area contributed by atoms with Crippen LogP contribution in [0.3, 0.4) is 0 Å². The van der Waals surface area contributed by atoms with Gasteiger partial charge in [0.15, 0.2) is 5.78 Å². The Morgan fingerprint density at radius 1 is 0.405 bits per heavy atom. The molecule has 1 unspecified atom stereocenters. The molecule has 0 aromatic heterocycles. The summed E-state index contributed by atoms with van der Waals surface area (Å²) in [4.78, 5) is 143. The number of esters is 3. The molecule has 1 saturated heterocycles. The predicted octanol–water partition coefficient (Wildman–Crippen LogP) is 22.3. The number of halogens is 1. The average molecular weight is 2110 g/mol. The highest BCUT2D eigenvalue weighted by atomic mass is 35.5. The molecule has 0 aromatic carbocycles. The van der Waals surface area contributed by atoms with Crippen molar-refractivity contribution >= 4 is 76.5 Å². The minimum Gasteiger partial charge on any atom is -0.456 e. The Balaban J connectivity index is -0.000000155. The summed E-state index contributed by atoms with van der Waals surface area (Å²) in [6.07, 6.45) is 35.9. The SMILES string of the molecule is C#CC(C)(C)C.C/C=C/C(=O)OC(C)(C)C(C)(C)C.C=CC(=O)N1CCC(C(C)C)C1.C=CC(=O)NC(C)(C)C.C=CC(=O)OC(C)(C)C(C)(C)C.C=CCN(CC(C)(C)C)C(=O)/C=C/CN(C)C.CC(C)C(=O)CCl.CCN(CC(C)(C)C)C(=O)/C=C/CN(C)C.CN(C)C/C=C/C(=O)C(C)(C)C.CN(C)C/C=C/C(=O)N(C)CC(C)(C)C.CN(C)C/C=C/C(=O)NC(C)(C)C.CN(C)C/C=C/C(=O)OC(C)(C)C(C)(C)C. The van der Waals surface area contributed by atoms with Crippen molar-refractivity contribution in [3.05, 3.63) is 136 Å². The third-order valence-electron chi connectivity index (χ3n) is 20.9. The molecule has 0 bridgehead atoms. The molecule has 0 radical (unpaired) electrons. The first kappa shape index (κ1) is 162. The van der Waals surface area contributed by atoms with E-state index in [2.05, 4.69) is 161 Å². The molecule has 0 saturated carbocycles. The van der Waals surface area contributed by atoms with Crippen molar-refractivity contribution in [2.75, 3.05) is 183 Å². The van der Waals surface area contributed by atoms with Crippen molar-refractivity contribution in [3.8, 4) is 12.3 Å². The zero-order valence-electron chi connectivity index (χ0n) is 105. The molecule has 862 valence electrons. The number of Topliss-reactive ketones (excluding diaryl/α,β-unsaturated/α-hetero) is 1. The maximum Gasteiger partial charge on any atom is 0.331 e. The van der Waals surface area contributed by atoms with Crippen LogP contribution >= 0.6 is 11.6 Å². The Morgan fingerprint density at radius 2 is 0.709 bits per heavy atom. The van der Waals surface area contributed by atoms with E-state index in [4.69, 9.17) is 32.2 Å². The summed E-state index contributed by atoms with van der Waals surface area (Å²) in [6, 6.07) is 0. The van der Waals surface area contributed by atoms with E-state index < -0.39 is 16.8 Å². The van der Waals surface area contributed by atoms with Crippen LogP contribution in [0.1, 0.15) is 297 Å². The molecule has 1 aliphatic heterocycles. The van der Waals surface area contributed by atoms with Crippen LogP contribution in [-0.4, -0.2) is 324 Å². The zero-order valence-corrected chi connectivity index (χ0v) is 106. The van der Waals surface area contributed by atoms with Crippen LogP contribution in [0.4, 0.5) is 0 Å². The highest BCUT2D eigenvalue weighted by molar-refractivity contribution is 6.27. The first-order valence-electron chi connectivity index (χ1n) is 51.8. The molecule has 2 N–H and O–H groups in total. The number of likely N-dealkylation sites (tertiary alicyclic amines) is 1. The molecule has 1 rings (SSSR count). The lowest BCUT2D eigenvalue weighted by Crippen LogP contribution is -2.40. The van der Waals surface area contributed by atoms with Crippen LogP contribution in [-0.2, 0) is 67.0 Å². The molecule has 148 heavy (non-hydrogen) atoms. The second-order valence-electron chi connectivity index (χ2n) is 51.2. The summed E-state index contributed by atoms with van der Waals surface area (Å²) in [7, 11) is 25.5. The van der Waals surface area contributed by atoms with E-state index >= 15 is 0 Å². The number of terminal acetylenes is 1. The van der Waals surface area contributed by atoms with Crippen molar-refractivity contribution in [3.63, 3.8) is 0 Å². The lowest BCUT2D eigenvalue weighted by atomic mass is 9.79. The number of carbonyl (C=O) groups excluding carboxylic acids is 11. The number of hydrogen-bond donors (Lipinski definition) is 2. The molecular formula is C121H227ClN12O14. The van der Waals surface area contributed by atoms with Gasteiger partial charge in [-0.15, -0.1) is 30.5 Å². The van der Waals surface area contributed by atoms with Crippen molar-refractivity contribution in [1.82, 2.24) is 59.6 Å². The van der Waals surface area contributed by atoms with Crippen molar-refractivity contribution in [2.24, 2.45) is 61.1 Å². The summed E-state index contributed by atoms with van der Waals surface area (Å²) in [6.45, 7) is 109. The number of amides is 6. The fourth-order valence-corrected chi connectivity index (χ4v) is 9.87. The van der Waals surface area contributed by atoms with Crippen molar-refractivity contribution in [2.45, 2.75) is 325 Å². The van der Waals surface area contributed by atoms with Crippen molar-refractivity contribution in [1.29, 1.82) is 0 Å². The Morgan fingerprint density at radius 3 is 0.953 bits per heavy atom. The van der Waals surface area contributed by atoms with E-state index in [1.54, 1.807) is 60.4 Å². The van der Waals surface area contributed by atoms with Gasteiger partial charge in [0.05, 0.1) is 5.88 Å². The molecule has 1 atom stereocenters. The first-order chi connectivity index (χ1) is 66.2. The fourth-order valence-electron chi connectivity index (χ4n) is 9.56. The largest absolute Gasteiger partial charge is 0.456 e. The maximum atomic E-state index is 12.0. The summed E-state index contributed by atoms with van der Waals surface area (Å²) < 4.78 is 16.0. The molecule has 1 fully saturated rings. The van der Waals surface area contributed by atoms with Gasteiger partial charge in [-0.1, -0.05) is 241 Å². The average Bonchev–Trinajstić information content (AvgIpc) is 0.854. The van der Waals surface area contributed by atoms with Crippen molar-refractivity contribution < 1.29 is 67.0 Å². The van der Waals surface area contributed by atoms with Gasteiger partial charge in [0, 0.05) is 179 Å². The molecule has 0 aliphatic carbocycles. The lowest BCUT2D eigenvalue weighted by molar-refractivity contribution is -0.161. The number of alkyl halides is 1. The standard InChI is InChI=1S/C14H26N2O.C13H26N2O.C13H25NO2.C12H24N2O.C11H20O2.C10H20N2O.C10H17NO.C10H19NO.C10H18O2.C7H13NO.C6H10.C5H9ClO/c1-7-10-16(12-14(2,3)4)13(17)9-8-11-15(5)6;1-7-15(11-13(2,3)4)12(16)9-8-10-14(5)6;1-12(2,3)13(4,5)16-11(15)9-8-10-14(6)7;1-12(2,3)10-14(6)11(15)8-7-9-13(4)5;1-7-8-9(12)13-11(5,6)10(2,3)4;1-10(2,3)11-9(13)7-6-8-12(4)5;1-4-10(12)11-6-5-9(7-11)8(2)3;1-10(2,3)9(12)7-6-8-11(4)5;1-7-8(11)12-10(5,6)9(2,3)4;1-5-6(9)8-7(2,3)4;1-5-6(2,3)4;1-4(2)5(7)3-6/h7-9H,1,10-12H2,2-6H3;8-9H,7,10-11H2,1-6H3;8-9H,10H2,1-7H3;7-8H,9-10H2,1-6H3;7-8H,1-6H3;6-7H,8H2,1-5H3,(H,11,13);4,8-9H,1,5-7H2,2-3H3;6-7H,8H2,1-5H3;7H,1H2,2-6H3;5H,1H2,2-4H3,(H,8,9);1H,2-4H3;4H,3H2,1-2H3/b3*9-8+;2*8-7+;7-6+;;7-6+;;;;. The van der Waals surface area contributed by atoms with Gasteiger partial charge in [0.2, 0.25) is 35.4 Å². The number of ketones is 2. The number of hydrogen-bond acceptors (Lipinski definition) is 20. The zero-order chi connectivity index (χ0) is 120. The van der Waals surface area contributed by atoms with E-state index in [0.29, 0.717) is 18.4 Å². The van der Waals surface area contributed by atoms with Crippen LogP contribution in [0.25, 0.3) is 0 Å². The summed E-state index contributed by atoms with van der Waals surface area (Å²) in [5, 5.41) is 5.56. The number of rotatable bonds is 34. The third-order valence-corrected chi connectivity index (χ3v) is 21.2. The normalized spacial score (nSPS) is 13.2. The number of allylic oxidation sites excluding steroid dienone is 2. The highest BCUT2D eigenvalue weighted by Crippen LogP contribution is 2.36. The predicted molar refractivity (Wildman–Crippen MR) is 634 cm³/mol. The molecule has 0 aromatic rings. The monoisotopic (exact) mass is 2110 g/mol. The minimum absolute atomic E-state index is 0.0330. The number of carbonyl (C=O) groups is 11. The fraction of sp³-hybridized carbons (Fsp3) is 0.711. The Bertz CT molecular complexity index is 4020. The third kappa shape index (κ3) is 110. The second-order valence-corrected chi connectivity index (χ2v) is 51.5. The summed E-state index contributed by atoms with van der Waals surface area (Å²) >= 11 is 5.20. The van der Waals surface area contributed by atoms with Crippen LogP contribution in [0.5, 0.6) is 0 Å². The molecule has 27 heteroatoms. The number of nitrogens with one attached hydrogen (secondary N) is 2. The molecule has 26 nitrogen and oxygen atoms in total. The van der Waals surface area contributed by atoms with Crippen LogP contribution in [0.2, 0.25) is 0 Å². The van der Waals surface area contributed by atoms with Crippen LogP contribution in [0.15, 0.2) is 136 Å². The number of ether oxygens (including phenoxy) is 3. The quantitative estimate of drug-likeness (QED) is 0.0151. The number of likely N-dealkylation sites (N-methyl/N-ethyl adjacent to an activating group) is 8. The van der Waals surface area contributed by atoms with Gasteiger partial charge < -0.3 is 73.8 Å². The van der Waals surface area contributed by atoms with E-state index in [0.717, 1.165) is 85.0 Å². The smallest absolute Gasteiger partial charge is 0.331 e. The number of nitrogens with zero attached hydrogens (tertiary/aromatic N) is 10. The van der Waals surface area contributed by atoms with Crippen LogP contribution < -0.4 is 10.6 Å². The van der Waals surface area contributed by atoms with Gasteiger partial charge in [-0.05, 0) is 255 Å². The summed E-state index contributed by atoms with van der Waals surface area (Å²) in [5.74, 6) is 3.77. The Hall–Kier alpha value is -8.68. The summed E-state index contributed by atoms with van der Waals surface area (Å²) in [5.41, 5.74) is -1.62. The van der Waals surface area contributed by atoms with E-state index in [1.807, 2.05) is 332 Å². The molecule has 0 spiro atoms. The molecule has 6 amide bonds. The van der Waals surface area contributed by atoms with Gasteiger partial charge in [-0.2, -0.15) is 0 Å². The highest BCUT2D eigenvalue weighted by Gasteiger charge is 2.39. The van der Waals surface area contributed by atoms with Crippen LogP contribution in [0, 0.1) is 73.4 Å². The van der Waals surface area contributed by atoms with E-state index in [-0.39, 0.29) is 131 Å². The minimum atomic E-state index is -0.466. The van der Waals surface area contributed by atoms with E-state index in [1.165, 1.54) is 30.4 Å². The first-order valence-corrected chi connectivity index (χ1v) is 52.3. The van der Waals surface area contributed by atoms with E-state index in [9.17, 15) is 52.7 Å². The topological polar surface area (TPSA) is 272 Å². The molecule has 1 heterocycles. The van der Waals surface area contributed by atoms with Gasteiger partial charge in [0.25, 0.3) is 0 Å². The van der Waals surface area contributed by atoms with Gasteiger partial charge in [-0.25, -0.2) is 14.4 Å². The van der Waals surface area contributed by atoms with Gasteiger partial charge in [0.1, 0.15) is 22.6 Å². The Labute approximate surface area is 914 Å².